The molecule has 1 amide bonds. The molecular formula is C20H22N4O. The van der Waals surface area contributed by atoms with Gasteiger partial charge in [0.2, 0.25) is 0 Å². The van der Waals surface area contributed by atoms with E-state index in [2.05, 4.69) is 27.3 Å². The monoisotopic (exact) mass is 334 g/mol. The fourth-order valence-electron chi connectivity index (χ4n) is 2.81. The Morgan fingerprint density at radius 3 is 2.36 bits per heavy atom. The van der Waals surface area contributed by atoms with E-state index in [1.54, 1.807) is 17.1 Å². The fourth-order valence-corrected chi connectivity index (χ4v) is 2.81. The van der Waals surface area contributed by atoms with Crippen LogP contribution in [0, 0.1) is 0 Å². The Kier molecular flexibility index (Phi) is 5.26. The number of nitrogens with one attached hydrogen (secondary N) is 1. The fraction of sp³-hybridized carbons (Fsp3) is 0.200. The zero-order chi connectivity index (χ0) is 17.6. The normalized spacial score (nSPS) is 12.1. The first-order chi connectivity index (χ1) is 12.2. The number of rotatable bonds is 6. The molecule has 1 heterocycles. The number of nitrogens with zero attached hydrogens (tertiary/aromatic N) is 3. The minimum Gasteiger partial charge on any atom is -0.349 e. The van der Waals surface area contributed by atoms with Gasteiger partial charge >= 0.3 is 0 Å². The lowest BCUT2D eigenvalue weighted by Crippen LogP contribution is -2.35. The number of hydrogen-bond acceptors (Lipinski definition) is 3. The Bertz CT molecular complexity index is 812. The lowest BCUT2D eigenvalue weighted by atomic mass is 10.1. The molecule has 5 nitrogen and oxygen atoms in total. The van der Waals surface area contributed by atoms with E-state index in [0.29, 0.717) is 12.2 Å². The van der Waals surface area contributed by atoms with Crippen molar-refractivity contribution in [3.05, 3.63) is 84.4 Å². The van der Waals surface area contributed by atoms with Gasteiger partial charge in [0.25, 0.3) is 5.91 Å². The van der Waals surface area contributed by atoms with E-state index < -0.39 is 0 Å². The molecule has 0 fully saturated rings. The van der Waals surface area contributed by atoms with Gasteiger partial charge in [-0.15, -0.1) is 0 Å². The van der Waals surface area contributed by atoms with Crippen molar-refractivity contribution in [3.63, 3.8) is 0 Å². The summed E-state index contributed by atoms with van der Waals surface area (Å²) in [4.78, 5) is 18.9. The third kappa shape index (κ3) is 3.95. The molecule has 0 aliphatic carbocycles. The molecule has 0 aliphatic heterocycles. The summed E-state index contributed by atoms with van der Waals surface area (Å²) in [6, 6.07) is 20.0. The molecule has 0 bridgehead atoms. The molecule has 128 valence electrons. The van der Waals surface area contributed by atoms with Crippen LogP contribution >= 0.6 is 0 Å². The molecule has 25 heavy (non-hydrogen) atoms. The third-order valence-electron chi connectivity index (χ3n) is 4.17. The molecule has 5 heteroatoms. The quantitative estimate of drug-likeness (QED) is 0.754. The van der Waals surface area contributed by atoms with E-state index in [1.807, 2.05) is 62.6 Å². The van der Waals surface area contributed by atoms with Crippen LogP contribution in [0.2, 0.25) is 0 Å². The average molecular weight is 334 g/mol. The number of likely N-dealkylation sites (N-methyl/N-ethyl adjacent to an activating group) is 1. The molecule has 1 N–H and O–H groups in total. The highest BCUT2D eigenvalue weighted by Crippen LogP contribution is 2.17. The van der Waals surface area contributed by atoms with Gasteiger partial charge in [-0.3, -0.25) is 9.36 Å². The minimum atomic E-state index is -0.135. The second-order valence-electron chi connectivity index (χ2n) is 6.08. The Morgan fingerprint density at radius 1 is 1.08 bits per heavy atom. The number of aromatic nitrogens is 2. The van der Waals surface area contributed by atoms with Gasteiger partial charge in [0.1, 0.15) is 5.69 Å². The summed E-state index contributed by atoms with van der Waals surface area (Å²) >= 11 is 0. The van der Waals surface area contributed by atoms with Crippen LogP contribution in [0.25, 0.3) is 5.69 Å². The van der Waals surface area contributed by atoms with E-state index in [9.17, 15) is 4.79 Å². The van der Waals surface area contributed by atoms with Crippen molar-refractivity contribution in [2.75, 3.05) is 20.6 Å². The van der Waals surface area contributed by atoms with Crippen molar-refractivity contribution in [3.8, 4) is 5.69 Å². The summed E-state index contributed by atoms with van der Waals surface area (Å²) in [6.07, 6.45) is 3.25. The Hall–Kier alpha value is -2.92. The SMILES string of the molecule is CN(C)[C@H](CNC(=O)c1cncn1-c1ccccc1)c1ccccc1. The lowest BCUT2D eigenvalue weighted by Gasteiger charge is -2.25. The molecular weight excluding hydrogens is 312 g/mol. The van der Waals surface area contributed by atoms with Gasteiger partial charge in [-0.1, -0.05) is 48.5 Å². The van der Waals surface area contributed by atoms with E-state index in [0.717, 1.165) is 5.69 Å². The smallest absolute Gasteiger partial charge is 0.269 e. The Morgan fingerprint density at radius 2 is 1.72 bits per heavy atom. The minimum absolute atomic E-state index is 0.109. The van der Waals surface area contributed by atoms with Gasteiger partial charge in [-0.05, 0) is 31.8 Å². The molecule has 0 radical (unpaired) electrons. The van der Waals surface area contributed by atoms with Gasteiger partial charge in [0.15, 0.2) is 0 Å². The number of carbonyl (C=O) groups excluding carboxylic acids is 1. The number of imidazole rings is 1. The van der Waals surface area contributed by atoms with E-state index in [1.165, 1.54) is 5.56 Å². The molecule has 0 unspecified atom stereocenters. The Labute approximate surface area is 147 Å². The van der Waals surface area contributed by atoms with Crippen LogP contribution in [0.4, 0.5) is 0 Å². The summed E-state index contributed by atoms with van der Waals surface area (Å²) in [5.74, 6) is -0.135. The van der Waals surface area contributed by atoms with E-state index in [4.69, 9.17) is 0 Å². The standard InChI is InChI=1S/C20H22N4O/c1-23(2)18(16-9-5-3-6-10-16)14-22-20(25)19-13-21-15-24(19)17-11-7-4-8-12-17/h3-13,15,18H,14H2,1-2H3,(H,22,25)/t18-/m1/s1. The highest BCUT2D eigenvalue weighted by atomic mass is 16.2. The number of benzene rings is 2. The largest absolute Gasteiger partial charge is 0.349 e. The highest BCUT2D eigenvalue weighted by Gasteiger charge is 2.18. The van der Waals surface area contributed by atoms with E-state index >= 15 is 0 Å². The second kappa shape index (κ2) is 7.77. The summed E-state index contributed by atoms with van der Waals surface area (Å²) in [6.45, 7) is 0.524. The summed E-state index contributed by atoms with van der Waals surface area (Å²) in [5.41, 5.74) is 2.61. The van der Waals surface area contributed by atoms with Crippen LogP contribution in [0.15, 0.2) is 73.2 Å². The van der Waals surface area contributed by atoms with Crippen molar-refractivity contribution in [2.24, 2.45) is 0 Å². The summed E-state index contributed by atoms with van der Waals surface area (Å²) in [7, 11) is 4.02. The molecule has 3 rings (SSSR count). The molecule has 0 spiro atoms. The first-order valence-electron chi connectivity index (χ1n) is 8.24. The molecule has 0 aliphatic rings. The molecule has 1 atom stereocenters. The van der Waals surface area contributed by atoms with Gasteiger partial charge in [0.05, 0.1) is 18.6 Å². The predicted molar refractivity (Wildman–Crippen MR) is 98.8 cm³/mol. The van der Waals surface area contributed by atoms with Gasteiger partial charge in [-0.2, -0.15) is 0 Å². The van der Waals surface area contributed by atoms with Crippen LogP contribution < -0.4 is 5.32 Å². The van der Waals surface area contributed by atoms with Gasteiger partial charge in [0, 0.05) is 12.2 Å². The third-order valence-corrected chi connectivity index (χ3v) is 4.17. The first-order valence-corrected chi connectivity index (χ1v) is 8.24. The predicted octanol–water partition coefficient (Wildman–Crippen LogP) is 2.91. The van der Waals surface area contributed by atoms with Crippen LogP contribution in [0.1, 0.15) is 22.1 Å². The zero-order valence-electron chi connectivity index (χ0n) is 14.5. The second-order valence-corrected chi connectivity index (χ2v) is 6.08. The molecule has 0 saturated heterocycles. The van der Waals surface area contributed by atoms with Crippen LogP contribution in [0.3, 0.4) is 0 Å². The number of carbonyl (C=O) groups is 1. The maximum atomic E-state index is 12.7. The number of para-hydroxylation sites is 1. The van der Waals surface area contributed by atoms with Crippen molar-refractivity contribution in [1.82, 2.24) is 19.8 Å². The zero-order valence-corrected chi connectivity index (χ0v) is 14.5. The summed E-state index contributed by atoms with van der Waals surface area (Å²) in [5, 5.41) is 3.03. The van der Waals surface area contributed by atoms with E-state index in [-0.39, 0.29) is 11.9 Å². The van der Waals surface area contributed by atoms with Crippen molar-refractivity contribution in [1.29, 1.82) is 0 Å². The topological polar surface area (TPSA) is 50.2 Å². The molecule has 1 aromatic heterocycles. The Balaban J connectivity index is 1.74. The van der Waals surface area contributed by atoms with Crippen LogP contribution in [-0.4, -0.2) is 41.0 Å². The maximum Gasteiger partial charge on any atom is 0.269 e. The first kappa shape index (κ1) is 16.9. The molecule has 3 aromatic rings. The van der Waals surface area contributed by atoms with Crippen LogP contribution in [-0.2, 0) is 0 Å². The van der Waals surface area contributed by atoms with Crippen molar-refractivity contribution < 1.29 is 4.79 Å². The number of hydrogen-bond donors (Lipinski definition) is 1. The molecule has 2 aromatic carbocycles. The molecule has 0 saturated carbocycles. The average Bonchev–Trinajstić information content (AvgIpc) is 3.13. The van der Waals surface area contributed by atoms with Gasteiger partial charge < -0.3 is 10.2 Å². The van der Waals surface area contributed by atoms with Gasteiger partial charge in [-0.25, -0.2) is 4.98 Å². The summed E-state index contributed by atoms with van der Waals surface area (Å²) < 4.78 is 1.79. The van der Waals surface area contributed by atoms with Crippen LogP contribution in [0.5, 0.6) is 0 Å². The number of amides is 1. The lowest BCUT2D eigenvalue weighted by molar-refractivity contribution is 0.0935. The van der Waals surface area contributed by atoms with Crippen molar-refractivity contribution >= 4 is 5.91 Å². The van der Waals surface area contributed by atoms with Crippen molar-refractivity contribution in [2.45, 2.75) is 6.04 Å². The maximum absolute atomic E-state index is 12.7. The highest BCUT2D eigenvalue weighted by molar-refractivity contribution is 5.93.